The highest BCUT2D eigenvalue weighted by atomic mass is 16.7. The van der Waals surface area contributed by atoms with Gasteiger partial charge in [0.2, 0.25) is 6.79 Å². The predicted molar refractivity (Wildman–Crippen MR) is 136 cm³/mol. The van der Waals surface area contributed by atoms with Crippen LogP contribution in [-0.4, -0.2) is 61.1 Å². The number of phenolic OH excluding ortho intramolecular Hbond substituents is 1. The molecule has 0 saturated carbocycles. The van der Waals surface area contributed by atoms with Gasteiger partial charge in [0.1, 0.15) is 11.9 Å². The first-order chi connectivity index (χ1) is 18.4. The van der Waals surface area contributed by atoms with Crippen molar-refractivity contribution in [2.45, 2.75) is 50.2 Å². The van der Waals surface area contributed by atoms with E-state index in [2.05, 4.69) is 10.2 Å². The van der Waals surface area contributed by atoms with E-state index in [0.29, 0.717) is 29.1 Å². The predicted octanol–water partition coefficient (Wildman–Crippen LogP) is 3.72. The highest BCUT2D eigenvalue weighted by Crippen LogP contribution is 2.65. The molecule has 0 unspecified atom stereocenters. The molecule has 4 aliphatic heterocycles. The maximum atomic E-state index is 13.4. The number of methoxy groups -OCH3 is 1. The number of ether oxygens (including phenoxy) is 4. The van der Waals surface area contributed by atoms with Gasteiger partial charge in [-0.15, -0.1) is 0 Å². The number of rotatable bonds is 4. The molecule has 2 N–H and O–H groups in total. The molecule has 2 aromatic rings. The van der Waals surface area contributed by atoms with Gasteiger partial charge in [-0.25, -0.2) is 9.59 Å². The van der Waals surface area contributed by atoms with Crippen LogP contribution in [0.15, 0.2) is 47.7 Å². The Hall–Kier alpha value is -3.72. The average molecular weight is 519 g/mol. The Morgan fingerprint density at radius 3 is 2.79 bits per heavy atom. The van der Waals surface area contributed by atoms with Gasteiger partial charge < -0.3 is 29.4 Å². The van der Waals surface area contributed by atoms with Crippen LogP contribution in [0.3, 0.4) is 0 Å². The highest BCUT2D eigenvalue weighted by Gasteiger charge is 2.68. The summed E-state index contributed by atoms with van der Waals surface area (Å²) in [6.45, 7) is 3.91. The number of carbonyl (C=O) groups is 2. The lowest BCUT2D eigenvalue weighted by molar-refractivity contribution is -0.138. The summed E-state index contributed by atoms with van der Waals surface area (Å²) in [6.07, 6.45) is 2.53. The topological polar surface area (TPSA) is 107 Å². The lowest BCUT2D eigenvalue weighted by Crippen LogP contribution is -2.64. The minimum Gasteiger partial charge on any atom is -0.508 e. The number of phenols is 1. The second-order valence-corrected chi connectivity index (χ2v) is 11.0. The first-order valence-corrected chi connectivity index (χ1v) is 13.1. The first kappa shape index (κ1) is 23.4. The summed E-state index contributed by atoms with van der Waals surface area (Å²) in [7, 11) is 1.40. The number of benzene rings is 2. The summed E-state index contributed by atoms with van der Waals surface area (Å²) in [5, 5.41) is 13.7. The van der Waals surface area contributed by atoms with Crippen LogP contribution in [-0.2, 0) is 19.7 Å². The van der Waals surface area contributed by atoms with E-state index in [0.717, 1.165) is 49.3 Å². The van der Waals surface area contributed by atoms with Crippen molar-refractivity contribution in [3.8, 4) is 17.2 Å². The fraction of sp³-hybridized carbons (Fsp3) is 0.448. The van der Waals surface area contributed by atoms with E-state index >= 15 is 0 Å². The largest absolute Gasteiger partial charge is 0.508 e. The van der Waals surface area contributed by atoms with Crippen molar-refractivity contribution in [1.82, 2.24) is 4.90 Å². The Balaban J connectivity index is 1.33. The maximum absolute atomic E-state index is 13.4. The standard InChI is InChI=1S/C29H30N2O7/c1-16(38-25(33)17-4-7-22-23(12-17)37-15-36-22)28-8-3-10-31-11-9-29(27(28)31)20-6-5-18(32)13-21(20)30-24(29)19(14-28)26(34)35-2/h4-7,12-13,16,27,30,32H,3,8-11,14-15H2,1-2H3/t16-,27-,28-,29-/m0/s1. The smallest absolute Gasteiger partial charge is 0.338 e. The molecule has 1 aliphatic carbocycles. The molecule has 7 rings (SSSR count). The molecule has 198 valence electrons. The van der Waals surface area contributed by atoms with Crippen LogP contribution in [0, 0.1) is 5.41 Å². The fourth-order valence-corrected chi connectivity index (χ4v) is 7.87. The number of carbonyl (C=O) groups excluding carboxylic acids is 2. The Labute approximate surface area is 220 Å². The first-order valence-electron chi connectivity index (χ1n) is 13.1. The molecule has 0 radical (unpaired) electrons. The number of anilines is 1. The molecule has 2 saturated heterocycles. The maximum Gasteiger partial charge on any atom is 0.338 e. The second kappa shape index (κ2) is 8.14. The fourth-order valence-electron chi connectivity index (χ4n) is 7.87. The van der Waals surface area contributed by atoms with Crippen molar-refractivity contribution in [3.05, 3.63) is 58.8 Å². The van der Waals surface area contributed by atoms with E-state index in [4.69, 9.17) is 18.9 Å². The molecule has 2 aromatic carbocycles. The van der Waals surface area contributed by atoms with E-state index in [1.807, 2.05) is 13.0 Å². The molecule has 9 nitrogen and oxygen atoms in total. The van der Waals surface area contributed by atoms with Crippen LogP contribution in [0.2, 0.25) is 0 Å². The van der Waals surface area contributed by atoms with Crippen LogP contribution in [0.4, 0.5) is 5.69 Å². The Kier molecular flexibility index (Phi) is 5.01. The van der Waals surface area contributed by atoms with E-state index < -0.39 is 22.9 Å². The van der Waals surface area contributed by atoms with Gasteiger partial charge in [-0.05, 0) is 75.5 Å². The zero-order chi connectivity index (χ0) is 26.2. The zero-order valence-electron chi connectivity index (χ0n) is 21.4. The Morgan fingerprint density at radius 2 is 1.95 bits per heavy atom. The molecule has 9 heteroatoms. The van der Waals surface area contributed by atoms with Crippen molar-refractivity contribution >= 4 is 17.6 Å². The van der Waals surface area contributed by atoms with Gasteiger partial charge in [0.25, 0.3) is 0 Å². The molecule has 0 bridgehead atoms. The SMILES string of the molecule is COC(=O)C1=C2Nc3cc(O)ccc3[C@@]23CCN2CCC[C@@]([C@H](C)OC(=O)c4ccc5c(c4)OCO5)(C1)[C@H]23. The van der Waals surface area contributed by atoms with E-state index in [-0.39, 0.29) is 24.6 Å². The lowest BCUT2D eigenvalue weighted by atomic mass is 9.53. The molecular weight excluding hydrogens is 488 g/mol. The van der Waals surface area contributed by atoms with Crippen LogP contribution in [0.25, 0.3) is 0 Å². The minimum absolute atomic E-state index is 0.0185. The van der Waals surface area contributed by atoms with Gasteiger partial charge in [-0.3, -0.25) is 4.90 Å². The molecule has 4 atom stereocenters. The zero-order valence-corrected chi connectivity index (χ0v) is 21.4. The molecule has 0 aromatic heterocycles. The summed E-state index contributed by atoms with van der Waals surface area (Å²) in [5.41, 5.74) is 2.75. The Morgan fingerprint density at radius 1 is 1.11 bits per heavy atom. The number of nitrogens with zero attached hydrogens (tertiary/aromatic N) is 1. The summed E-state index contributed by atoms with van der Waals surface area (Å²) >= 11 is 0. The van der Waals surface area contributed by atoms with Gasteiger partial charge >= 0.3 is 11.9 Å². The summed E-state index contributed by atoms with van der Waals surface area (Å²) < 4.78 is 22.4. The van der Waals surface area contributed by atoms with Crippen LogP contribution >= 0.6 is 0 Å². The third-order valence-electron chi connectivity index (χ3n) is 9.39. The van der Waals surface area contributed by atoms with Gasteiger partial charge in [0, 0.05) is 28.9 Å². The van der Waals surface area contributed by atoms with Crippen molar-refractivity contribution in [2.24, 2.45) is 5.41 Å². The quantitative estimate of drug-likeness (QED) is 0.586. The lowest BCUT2D eigenvalue weighted by Gasteiger charge is -2.57. The average Bonchev–Trinajstić information content (AvgIpc) is 3.63. The number of piperidine rings is 1. The molecule has 0 amide bonds. The van der Waals surface area contributed by atoms with E-state index in [9.17, 15) is 14.7 Å². The molecule has 38 heavy (non-hydrogen) atoms. The van der Waals surface area contributed by atoms with Gasteiger partial charge in [0.15, 0.2) is 11.5 Å². The molecular formula is C29H30N2O7. The van der Waals surface area contributed by atoms with Crippen molar-refractivity contribution in [2.75, 3.05) is 32.3 Å². The van der Waals surface area contributed by atoms with E-state index in [1.54, 1.807) is 30.3 Å². The highest BCUT2D eigenvalue weighted by molar-refractivity contribution is 5.93. The van der Waals surface area contributed by atoms with Crippen molar-refractivity contribution in [1.29, 1.82) is 0 Å². The molecule has 1 spiro atoms. The summed E-state index contributed by atoms with van der Waals surface area (Å²) in [5.74, 6) is 0.495. The number of aromatic hydroxyl groups is 1. The molecule has 4 heterocycles. The van der Waals surface area contributed by atoms with Gasteiger partial charge in [-0.1, -0.05) is 6.07 Å². The number of hydrogen-bond donors (Lipinski definition) is 2. The van der Waals surface area contributed by atoms with Crippen molar-refractivity contribution < 1.29 is 33.6 Å². The third-order valence-corrected chi connectivity index (χ3v) is 9.39. The number of esters is 2. The Bertz CT molecular complexity index is 1400. The van der Waals surface area contributed by atoms with E-state index in [1.165, 1.54) is 7.11 Å². The molecule has 5 aliphatic rings. The number of fused-ring (bicyclic) bond motifs is 2. The monoisotopic (exact) mass is 518 g/mol. The minimum atomic E-state index is -0.505. The number of hydrogen-bond acceptors (Lipinski definition) is 9. The van der Waals surface area contributed by atoms with Crippen molar-refractivity contribution in [3.63, 3.8) is 0 Å². The summed E-state index contributed by atoms with van der Waals surface area (Å²) in [6, 6.07) is 10.5. The second-order valence-electron chi connectivity index (χ2n) is 11.0. The molecule has 2 fully saturated rings. The normalized spacial score (nSPS) is 29.2. The van der Waals surface area contributed by atoms with Gasteiger partial charge in [0.05, 0.1) is 23.7 Å². The third kappa shape index (κ3) is 3.02. The van der Waals surface area contributed by atoms with Crippen LogP contribution in [0.5, 0.6) is 17.2 Å². The summed E-state index contributed by atoms with van der Waals surface area (Å²) in [4.78, 5) is 29.2. The van der Waals surface area contributed by atoms with Gasteiger partial charge in [-0.2, -0.15) is 0 Å². The number of nitrogens with one attached hydrogen (secondary N) is 1. The van der Waals surface area contributed by atoms with Crippen LogP contribution in [0.1, 0.15) is 48.5 Å². The van der Waals surface area contributed by atoms with Crippen LogP contribution < -0.4 is 14.8 Å².